The van der Waals surface area contributed by atoms with Crippen molar-refractivity contribution in [3.8, 4) is 0 Å². The lowest BCUT2D eigenvalue weighted by Crippen LogP contribution is -2.31. The first kappa shape index (κ1) is 18.9. The molecule has 2 unspecified atom stereocenters. The summed E-state index contributed by atoms with van der Waals surface area (Å²) < 4.78 is 0. The molecular formula is C19H24ClN3O3. The number of amides is 3. The van der Waals surface area contributed by atoms with Crippen LogP contribution < -0.4 is 16.0 Å². The van der Waals surface area contributed by atoms with E-state index in [-0.39, 0.29) is 53.8 Å². The topological polar surface area (TPSA) is 87.3 Å². The monoisotopic (exact) mass is 377 g/mol. The molecule has 1 aliphatic carbocycles. The first-order valence-corrected chi connectivity index (χ1v) is 9.00. The molecule has 0 aromatic heterocycles. The molecular weight excluding hydrogens is 354 g/mol. The van der Waals surface area contributed by atoms with Crippen LogP contribution in [-0.2, 0) is 20.8 Å². The fourth-order valence-electron chi connectivity index (χ4n) is 4.21. The Morgan fingerprint density at radius 2 is 1.85 bits per heavy atom. The molecule has 0 radical (unpaired) electrons. The third-order valence-electron chi connectivity index (χ3n) is 5.87. The predicted octanol–water partition coefficient (Wildman–Crippen LogP) is 1.64. The van der Waals surface area contributed by atoms with Gasteiger partial charge in [0.2, 0.25) is 17.7 Å². The number of imide groups is 1. The number of hydrogen-bond donors (Lipinski definition) is 3. The second kappa shape index (κ2) is 7.37. The minimum atomic E-state index is -0.279. The maximum Gasteiger partial charge on any atom is 0.230 e. The van der Waals surface area contributed by atoms with E-state index in [1.807, 2.05) is 24.3 Å². The molecule has 6 nitrogen and oxygen atoms in total. The highest BCUT2D eigenvalue weighted by molar-refractivity contribution is 6.03. The van der Waals surface area contributed by atoms with Crippen LogP contribution in [-0.4, -0.2) is 30.8 Å². The Morgan fingerprint density at radius 1 is 1.15 bits per heavy atom. The Balaban J connectivity index is 0.00000196. The normalized spacial score (nSPS) is 26.2. The second-order valence-electron chi connectivity index (χ2n) is 7.57. The zero-order valence-corrected chi connectivity index (χ0v) is 15.4. The summed E-state index contributed by atoms with van der Waals surface area (Å²) in [7, 11) is 0. The fourth-order valence-corrected chi connectivity index (χ4v) is 4.21. The summed E-state index contributed by atoms with van der Waals surface area (Å²) >= 11 is 0. The molecule has 4 rings (SSSR count). The van der Waals surface area contributed by atoms with Crippen molar-refractivity contribution in [2.24, 2.45) is 17.3 Å². The van der Waals surface area contributed by atoms with Crippen molar-refractivity contribution in [2.45, 2.75) is 32.1 Å². The average molecular weight is 378 g/mol. The maximum absolute atomic E-state index is 12.5. The molecule has 140 valence electrons. The zero-order chi connectivity index (χ0) is 17.4. The summed E-state index contributed by atoms with van der Waals surface area (Å²) in [6, 6.07) is 7.58. The Bertz CT molecular complexity index is 713. The predicted molar refractivity (Wildman–Crippen MR) is 99.9 cm³/mol. The van der Waals surface area contributed by atoms with Crippen LogP contribution in [0.15, 0.2) is 24.3 Å². The quantitative estimate of drug-likeness (QED) is 0.696. The van der Waals surface area contributed by atoms with Gasteiger partial charge in [-0.25, -0.2) is 0 Å². The summed E-state index contributed by atoms with van der Waals surface area (Å²) in [5, 5.41) is 8.70. The molecule has 7 heteroatoms. The summed E-state index contributed by atoms with van der Waals surface area (Å²) in [5.74, 6) is -0.407. The molecule has 26 heavy (non-hydrogen) atoms. The van der Waals surface area contributed by atoms with Gasteiger partial charge in [0.1, 0.15) is 0 Å². The van der Waals surface area contributed by atoms with Crippen molar-refractivity contribution in [2.75, 3.05) is 18.4 Å². The molecule has 2 heterocycles. The van der Waals surface area contributed by atoms with Crippen LogP contribution in [0.3, 0.4) is 0 Å². The minimum absolute atomic E-state index is 0. The lowest BCUT2D eigenvalue weighted by atomic mass is 9.91. The number of carbonyl (C=O) groups excluding carboxylic acids is 3. The van der Waals surface area contributed by atoms with E-state index < -0.39 is 0 Å². The number of rotatable bonds is 4. The van der Waals surface area contributed by atoms with Crippen molar-refractivity contribution < 1.29 is 14.4 Å². The molecule has 3 N–H and O–H groups in total. The fraction of sp³-hybridized carbons (Fsp3) is 0.526. The van der Waals surface area contributed by atoms with Crippen molar-refractivity contribution in [3.63, 3.8) is 0 Å². The van der Waals surface area contributed by atoms with Crippen LogP contribution in [0, 0.1) is 17.3 Å². The van der Waals surface area contributed by atoms with E-state index in [0.29, 0.717) is 6.42 Å². The van der Waals surface area contributed by atoms with E-state index in [0.717, 1.165) is 43.6 Å². The number of nitrogens with one attached hydrogen (secondary N) is 3. The van der Waals surface area contributed by atoms with Gasteiger partial charge in [0.05, 0.1) is 5.92 Å². The van der Waals surface area contributed by atoms with E-state index in [2.05, 4.69) is 16.0 Å². The Morgan fingerprint density at radius 3 is 2.46 bits per heavy atom. The van der Waals surface area contributed by atoms with Crippen molar-refractivity contribution >= 4 is 35.8 Å². The molecule has 2 saturated heterocycles. The van der Waals surface area contributed by atoms with Crippen LogP contribution in [0.1, 0.15) is 31.2 Å². The van der Waals surface area contributed by atoms with E-state index in [9.17, 15) is 14.4 Å². The summed E-state index contributed by atoms with van der Waals surface area (Å²) in [6.45, 7) is 2.02. The molecule has 2 atom stereocenters. The van der Waals surface area contributed by atoms with Gasteiger partial charge in [-0.3, -0.25) is 19.7 Å². The molecule has 2 aliphatic heterocycles. The number of anilines is 1. The van der Waals surface area contributed by atoms with Crippen LogP contribution >= 0.6 is 12.4 Å². The number of piperidine rings is 1. The van der Waals surface area contributed by atoms with Gasteiger partial charge in [0, 0.05) is 18.0 Å². The molecule has 0 bridgehead atoms. The molecule has 1 spiro atoms. The second-order valence-corrected chi connectivity index (χ2v) is 7.57. The summed E-state index contributed by atoms with van der Waals surface area (Å²) in [6.07, 6.45) is 3.99. The van der Waals surface area contributed by atoms with Gasteiger partial charge in [-0.15, -0.1) is 12.4 Å². The standard InChI is InChI=1S/C19H23N3O3.ClH/c23-16-10-13(17(24)22-16)9-12-1-3-14(4-2-12)21-18(25)15-11-19(15)5-7-20-8-6-19;/h1-4,13,15,20H,5-11H2,(H,21,25)(H,22,23,24);1H. The Kier molecular flexibility index (Phi) is 5.34. The highest BCUT2D eigenvalue weighted by Gasteiger charge is 2.57. The van der Waals surface area contributed by atoms with Gasteiger partial charge in [0.15, 0.2) is 0 Å². The van der Waals surface area contributed by atoms with Gasteiger partial charge >= 0.3 is 0 Å². The number of hydrogen-bond acceptors (Lipinski definition) is 4. The number of halogens is 1. The lowest BCUT2D eigenvalue weighted by molar-refractivity contribution is -0.125. The third-order valence-corrected chi connectivity index (χ3v) is 5.87. The number of benzene rings is 1. The number of carbonyl (C=O) groups is 3. The van der Waals surface area contributed by atoms with E-state index >= 15 is 0 Å². The zero-order valence-electron chi connectivity index (χ0n) is 14.5. The Hall–Kier alpha value is -1.92. The van der Waals surface area contributed by atoms with Crippen molar-refractivity contribution in [3.05, 3.63) is 29.8 Å². The smallest absolute Gasteiger partial charge is 0.230 e. The molecule has 1 aromatic rings. The summed E-state index contributed by atoms with van der Waals surface area (Å²) in [5.41, 5.74) is 2.02. The van der Waals surface area contributed by atoms with E-state index in [1.165, 1.54) is 0 Å². The maximum atomic E-state index is 12.5. The van der Waals surface area contributed by atoms with Crippen LogP contribution in [0.5, 0.6) is 0 Å². The SMILES string of the molecule is Cl.O=C1CC(Cc2ccc(NC(=O)C3CC34CCNCC4)cc2)C(=O)N1. The molecule has 1 saturated carbocycles. The highest BCUT2D eigenvalue weighted by atomic mass is 35.5. The lowest BCUT2D eigenvalue weighted by Gasteiger charge is -2.23. The molecule has 1 aromatic carbocycles. The molecule has 3 amide bonds. The summed E-state index contributed by atoms with van der Waals surface area (Å²) in [4.78, 5) is 35.4. The van der Waals surface area contributed by atoms with Gasteiger partial charge in [-0.1, -0.05) is 12.1 Å². The van der Waals surface area contributed by atoms with E-state index in [1.54, 1.807) is 0 Å². The minimum Gasteiger partial charge on any atom is -0.326 e. The highest BCUT2D eigenvalue weighted by Crippen LogP contribution is 2.58. The largest absolute Gasteiger partial charge is 0.326 e. The average Bonchev–Trinajstić information content (AvgIpc) is 3.19. The van der Waals surface area contributed by atoms with Gasteiger partial charge in [-0.05, 0) is 61.9 Å². The Labute approximate surface area is 158 Å². The van der Waals surface area contributed by atoms with Gasteiger partial charge in [0.25, 0.3) is 0 Å². The van der Waals surface area contributed by atoms with Crippen LogP contribution in [0.25, 0.3) is 0 Å². The van der Waals surface area contributed by atoms with Crippen molar-refractivity contribution in [1.82, 2.24) is 10.6 Å². The first-order chi connectivity index (χ1) is 12.1. The third kappa shape index (κ3) is 3.76. The van der Waals surface area contributed by atoms with Crippen molar-refractivity contribution in [1.29, 1.82) is 0 Å². The van der Waals surface area contributed by atoms with Gasteiger partial charge in [-0.2, -0.15) is 0 Å². The molecule has 3 aliphatic rings. The van der Waals surface area contributed by atoms with Gasteiger partial charge < -0.3 is 10.6 Å². The first-order valence-electron chi connectivity index (χ1n) is 9.00. The molecule has 3 fully saturated rings. The van der Waals surface area contributed by atoms with Crippen LogP contribution in [0.4, 0.5) is 5.69 Å². The van der Waals surface area contributed by atoms with Crippen LogP contribution in [0.2, 0.25) is 0 Å². The van der Waals surface area contributed by atoms with E-state index in [4.69, 9.17) is 0 Å².